The smallest absolute Gasteiger partial charge is 0.223 e. The monoisotopic (exact) mass is 321 g/mol. The molecule has 1 unspecified atom stereocenters. The SMILES string of the molecule is O=C(CCN1CCCC1c1ccc(Cl)cc1)N1CCNCC1. The average Bonchev–Trinajstić information content (AvgIpc) is 3.02. The topological polar surface area (TPSA) is 35.6 Å². The van der Waals surface area contributed by atoms with E-state index in [1.54, 1.807) is 0 Å². The highest BCUT2D eigenvalue weighted by molar-refractivity contribution is 6.30. The van der Waals surface area contributed by atoms with E-state index in [-0.39, 0.29) is 0 Å². The summed E-state index contributed by atoms with van der Waals surface area (Å²) in [4.78, 5) is 16.7. The quantitative estimate of drug-likeness (QED) is 0.924. The van der Waals surface area contributed by atoms with Crippen LogP contribution in [0.4, 0.5) is 0 Å². The van der Waals surface area contributed by atoms with Gasteiger partial charge in [0.2, 0.25) is 5.91 Å². The maximum absolute atomic E-state index is 12.3. The van der Waals surface area contributed by atoms with Gasteiger partial charge in [0.25, 0.3) is 0 Å². The number of carbonyl (C=O) groups excluding carboxylic acids is 1. The first kappa shape index (κ1) is 15.8. The third kappa shape index (κ3) is 3.80. The number of nitrogens with zero attached hydrogens (tertiary/aromatic N) is 2. The van der Waals surface area contributed by atoms with E-state index in [1.165, 1.54) is 18.4 Å². The van der Waals surface area contributed by atoms with Crippen molar-refractivity contribution in [1.29, 1.82) is 0 Å². The van der Waals surface area contributed by atoms with Crippen molar-refractivity contribution < 1.29 is 4.79 Å². The fraction of sp³-hybridized carbons (Fsp3) is 0.588. The van der Waals surface area contributed by atoms with E-state index in [4.69, 9.17) is 11.6 Å². The third-order valence-corrected chi connectivity index (χ3v) is 4.95. The minimum atomic E-state index is 0.295. The van der Waals surface area contributed by atoms with Gasteiger partial charge in [-0.3, -0.25) is 9.69 Å². The first-order valence-corrected chi connectivity index (χ1v) is 8.60. The molecule has 2 heterocycles. The summed E-state index contributed by atoms with van der Waals surface area (Å²) in [6.45, 7) is 5.47. The molecule has 4 nitrogen and oxygen atoms in total. The second kappa shape index (κ2) is 7.44. The lowest BCUT2D eigenvalue weighted by atomic mass is 10.0. The number of nitrogens with one attached hydrogen (secondary N) is 1. The molecule has 120 valence electrons. The molecule has 0 saturated carbocycles. The summed E-state index contributed by atoms with van der Waals surface area (Å²) in [6, 6.07) is 8.58. The van der Waals surface area contributed by atoms with Crippen LogP contribution in [0.25, 0.3) is 0 Å². The maximum atomic E-state index is 12.3. The van der Waals surface area contributed by atoms with Gasteiger partial charge in [0.15, 0.2) is 0 Å². The molecule has 0 radical (unpaired) electrons. The van der Waals surface area contributed by atoms with E-state index in [1.807, 2.05) is 17.0 Å². The van der Waals surface area contributed by atoms with Gasteiger partial charge < -0.3 is 10.2 Å². The van der Waals surface area contributed by atoms with Crippen LogP contribution in [0.1, 0.15) is 30.9 Å². The molecule has 1 aromatic carbocycles. The molecule has 2 aliphatic rings. The summed E-state index contributed by atoms with van der Waals surface area (Å²) in [5, 5.41) is 4.06. The zero-order valence-electron chi connectivity index (χ0n) is 12.9. The van der Waals surface area contributed by atoms with Crippen LogP contribution < -0.4 is 5.32 Å². The van der Waals surface area contributed by atoms with Crippen molar-refractivity contribution in [2.24, 2.45) is 0 Å². The van der Waals surface area contributed by atoms with Crippen LogP contribution in [-0.2, 0) is 4.79 Å². The molecule has 22 heavy (non-hydrogen) atoms. The number of piperazine rings is 1. The van der Waals surface area contributed by atoms with Crippen molar-refractivity contribution in [1.82, 2.24) is 15.1 Å². The number of halogens is 1. The Morgan fingerprint density at radius 2 is 1.91 bits per heavy atom. The predicted molar refractivity (Wildman–Crippen MR) is 89.1 cm³/mol. The predicted octanol–water partition coefficient (Wildman–Crippen LogP) is 2.30. The molecule has 5 heteroatoms. The molecule has 0 bridgehead atoms. The molecular formula is C17H24ClN3O. The molecule has 0 spiro atoms. The van der Waals surface area contributed by atoms with Gasteiger partial charge in [-0.25, -0.2) is 0 Å². The van der Waals surface area contributed by atoms with E-state index in [0.29, 0.717) is 18.4 Å². The van der Waals surface area contributed by atoms with E-state index in [2.05, 4.69) is 22.3 Å². The zero-order valence-corrected chi connectivity index (χ0v) is 13.7. The summed E-state index contributed by atoms with van der Waals surface area (Å²) >= 11 is 5.97. The fourth-order valence-electron chi connectivity index (χ4n) is 3.47. The van der Waals surface area contributed by atoms with Gasteiger partial charge in [-0.05, 0) is 37.1 Å². The molecule has 0 aliphatic carbocycles. The molecule has 1 aromatic rings. The Bertz CT molecular complexity index is 499. The molecule has 1 amide bonds. The van der Waals surface area contributed by atoms with Crippen molar-refractivity contribution in [3.05, 3.63) is 34.9 Å². The second-order valence-electron chi connectivity index (χ2n) is 6.13. The Morgan fingerprint density at radius 1 is 1.18 bits per heavy atom. The lowest BCUT2D eigenvalue weighted by Crippen LogP contribution is -2.47. The maximum Gasteiger partial charge on any atom is 0.223 e. The van der Waals surface area contributed by atoms with Gasteiger partial charge in [0.05, 0.1) is 0 Å². The first-order chi connectivity index (χ1) is 10.7. The van der Waals surface area contributed by atoms with Gasteiger partial charge >= 0.3 is 0 Å². The number of benzene rings is 1. The van der Waals surface area contributed by atoms with Crippen molar-refractivity contribution in [2.45, 2.75) is 25.3 Å². The first-order valence-electron chi connectivity index (χ1n) is 8.22. The van der Waals surface area contributed by atoms with E-state index < -0.39 is 0 Å². The Hall–Kier alpha value is -1.10. The third-order valence-electron chi connectivity index (χ3n) is 4.70. The van der Waals surface area contributed by atoms with Crippen molar-refractivity contribution in [2.75, 3.05) is 39.3 Å². The van der Waals surface area contributed by atoms with Gasteiger partial charge in [0.1, 0.15) is 0 Å². The summed E-state index contributed by atoms with van der Waals surface area (Å²) in [5.41, 5.74) is 1.32. The Labute approximate surface area is 137 Å². The van der Waals surface area contributed by atoms with E-state index in [0.717, 1.165) is 44.3 Å². The molecule has 1 N–H and O–H groups in total. The largest absolute Gasteiger partial charge is 0.340 e. The number of amides is 1. The van der Waals surface area contributed by atoms with Crippen LogP contribution in [0, 0.1) is 0 Å². The lowest BCUT2D eigenvalue weighted by Gasteiger charge is -2.29. The number of hydrogen-bond donors (Lipinski definition) is 1. The van der Waals surface area contributed by atoms with Crippen LogP contribution in [-0.4, -0.2) is 55.0 Å². The number of likely N-dealkylation sites (tertiary alicyclic amines) is 1. The van der Waals surface area contributed by atoms with Gasteiger partial charge in [-0.1, -0.05) is 23.7 Å². The average molecular weight is 322 g/mol. The van der Waals surface area contributed by atoms with Gasteiger partial charge in [-0.2, -0.15) is 0 Å². The fourth-order valence-corrected chi connectivity index (χ4v) is 3.59. The highest BCUT2D eigenvalue weighted by Gasteiger charge is 2.27. The minimum Gasteiger partial charge on any atom is -0.340 e. The number of rotatable bonds is 4. The lowest BCUT2D eigenvalue weighted by molar-refractivity contribution is -0.132. The van der Waals surface area contributed by atoms with Crippen molar-refractivity contribution in [3.8, 4) is 0 Å². The zero-order chi connectivity index (χ0) is 15.4. The Kier molecular flexibility index (Phi) is 5.34. The second-order valence-corrected chi connectivity index (χ2v) is 6.56. The van der Waals surface area contributed by atoms with Gasteiger partial charge in [0, 0.05) is 50.2 Å². The van der Waals surface area contributed by atoms with E-state index >= 15 is 0 Å². The Balaban J connectivity index is 1.54. The van der Waals surface area contributed by atoms with E-state index in [9.17, 15) is 4.79 Å². The number of hydrogen-bond acceptors (Lipinski definition) is 3. The number of carbonyl (C=O) groups is 1. The van der Waals surface area contributed by atoms with Crippen LogP contribution in [0.15, 0.2) is 24.3 Å². The molecular weight excluding hydrogens is 298 g/mol. The van der Waals surface area contributed by atoms with Crippen molar-refractivity contribution in [3.63, 3.8) is 0 Å². The normalized spacial score (nSPS) is 23.0. The Morgan fingerprint density at radius 3 is 2.64 bits per heavy atom. The standard InChI is InChI=1S/C17H24ClN3O/c18-15-5-3-14(4-6-15)16-2-1-10-20(16)11-7-17(22)21-12-8-19-9-13-21/h3-6,16,19H,1-2,7-13H2. The summed E-state index contributed by atoms with van der Waals surface area (Å²) in [6.07, 6.45) is 3.00. The minimum absolute atomic E-state index is 0.295. The molecule has 0 aromatic heterocycles. The van der Waals surface area contributed by atoms with Gasteiger partial charge in [-0.15, -0.1) is 0 Å². The van der Waals surface area contributed by atoms with Crippen LogP contribution in [0.5, 0.6) is 0 Å². The molecule has 2 aliphatic heterocycles. The highest BCUT2D eigenvalue weighted by Crippen LogP contribution is 2.32. The summed E-state index contributed by atoms with van der Waals surface area (Å²) < 4.78 is 0. The molecule has 2 saturated heterocycles. The molecule has 1 atom stereocenters. The summed E-state index contributed by atoms with van der Waals surface area (Å²) in [7, 11) is 0. The molecule has 3 rings (SSSR count). The molecule has 2 fully saturated rings. The van der Waals surface area contributed by atoms with Crippen molar-refractivity contribution >= 4 is 17.5 Å². The highest BCUT2D eigenvalue weighted by atomic mass is 35.5. The van der Waals surface area contributed by atoms with Crippen LogP contribution in [0.3, 0.4) is 0 Å². The van der Waals surface area contributed by atoms with Crippen LogP contribution >= 0.6 is 11.6 Å². The van der Waals surface area contributed by atoms with Crippen LogP contribution in [0.2, 0.25) is 5.02 Å². The summed E-state index contributed by atoms with van der Waals surface area (Å²) in [5.74, 6) is 0.295.